The van der Waals surface area contributed by atoms with Gasteiger partial charge in [0.1, 0.15) is 0 Å². The van der Waals surface area contributed by atoms with Crippen LogP contribution in [0, 0.1) is 0 Å². The van der Waals surface area contributed by atoms with Crippen molar-refractivity contribution in [1.82, 2.24) is 9.80 Å². The van der Waals surface area contributed by atoms with Crippen LogP contribution in [0.15, 0.2) is 0 Å². The highest BCUT2D eigenvalue weighted by Gasteiger charge is 2.37. The lowest BCUT2D eigenvalue weighted by atomic mass is 10.1. The quantitative estimate of drug-likeness (QED) is 0.774. The standard InChI is InChI=1S/C14H26N2O4/c1-14(2,3)16(8-7-12(17)18)13(19)15(9-10-20-4)11-5-6-11/h11H,5-10H2,1-4H3,(H,17,18). The third-order valence-electron chi connectivity index (χ3n) is 3.36. The van der Waals surface area contributed by atoms with Crippen LogP contribution in [0.2, 0.25) is 0 Å². The molecule has 1 aliphatic carbocycles. The number of hydrogen-bond acceptors (Lipinski definition) is 3. The van der Waals surface area contributed by atoms with Gasteiger partial charge in [0.2, 0.25) is 0 Å². The van der Waals surface area contributed by atoms with Crippen LogP contribution < -0.4 is 0 Å². The van der Waals surface area contributed by atoms with Gasteiger partial charge in [-0.2, -0.15) is 0 Å². The molecule has 116 valence electrons. The maximum Gasteiger partial charge on any atom is 0.320 e. The number of carboxylic acid groups (broad SMARTS) is 1. The Hall–Kier alpha value is -1.30. The lowest BCUT2D eigenvalue weighted by Crippen LogP contribution is -2.53. The molecule has 6 nitrogen and oxygen atoms in total. The Kier molecular flexibility index (Phi) is 5.80. The fourth-order valence-electron chi connectivity index (χ4n) is 2.09. The molecule has 2 amide bonds. The minimum absolute atomic E-state index is 0.0359. The lowest BCUT2D eigenvalue weighted by molar-refractivity contribution is -0.137. The molecule has 0 radical (unpaired) electrons. The summed E-state index contributed by atoms with van der Waals surface area (Å²) in [5, 5.41) is 8.84. The third-order valence-corrected chi connectivity index (χ3v) is 3.36. The number of hydrogen-bond donors (Lipinski definition) is 1. The summed E-state index contributed by atoms with van der Waals surface area (Å²) in [4.78, 5) is 26.9. The van der Waals surface area contributed by atoms with Crippen LogP contribution in [0.5, 0.6) is 0 Å². The highest BCUT2D eigenvalue weighted by atomic mass is 16.5. The number of nitrogens with zero attached hydrogens (tertiary/aromatic N) is 2. The largest absolute Gasteiger partial charge is 0.481 e. The Morgan fingerprint density at radius 2 is 1.85 bits per heavy atom. The molecule has 0 aromatic rings. The summed E-state index contributed by atoms with van der Waals surface area (Å²) >= 11 is 0. The van der Waals surface area contributed by atoms with Gasteiger partial charge < -0.3 is 19.6 Å². The van der Waals surface area contributed by atoms with Gasteiger partial charge in [0.25, 0.3) is 0 Å². The highest BCUT2D eigenvalue weighted by molar-refractivity contribution is 5.77. The van der Waals surface area contributed by atoms with E-state index in [0.29, 0.717) is 13.2 Å². The molecule has 0 saturated heterocycles. The number of aliphatic carboxylic acids is 1. The number of carbonyl (C=O) groups is 2. The van der Waals surface area contributed by atoms with Crippen molar-refractivity contribution in [3.8, 4) is 0 Å². The number of amides is 2. The summed E-state index contributed by atoms with van der Waals surface area (Å²) in [7, 11) is 1.61. The monoisotopic (exact) mass is 286 g/mol. The van der Waals surface area contributed by atoms with Gasteiger partial charge in [-0.3, -0.25) is 4.79 Å². The Morgan fingerprint density at radius 3 is 2.25 bits per heavy atom. The zero-order valence-corrected chi connectivity index (χ0v) is 12.9. The SMILES string of the molecule is COCCN(C(=O)N(CCC(=O)O)C(C)(C)C)C1CC1. The van der Waals surface area contributed by atoms with E-state index < -0.39 is 11.5 Å². The minimum atomic E-state index is -0.887. The molecule has 0 atom stereocenters. The van der Waals surface area contributed by atoms with Gasteiger partial charge in [-0.15, -0.1) is 0 Å². The normalized spacial score (nSPS) is 15.0. The molecular weight excluding hydrogens is 260 g/mol. The van der Waals surface area contributed by atoms with E-state index in [4.69, 9.17) is 9.84 Å². The van der Waals surface area contributed by atoms with Gasteiger partial charge in [0, 0.05) is 31.8 Å². The van der Waals surface area contributed by atoms with Crippen LogP contribution in [0.3, 0.4) is 0 Å². The van der Waals surface area contributed by atoms with E-state index in [-0.39, 0.29) is 25.0 Å². The first kappa shape index (κ1) is 16.8. The van der Waals surface area contributed by atoms with E-state index in [9.17, 15) is 9.59 Å². The molecular formula is C14H26N2O4. The van der Waals surface area contributed by atoms with Gasteiger partial charge in [-0.1, -0.05) is 0 Å². The predicted octanol–water partition coefficient (Wildman–Crippen LogP) is 1.79. The summed E-state index contributed by atoms with van der Waals surface area (Å²) in [5.74, 6) is -0.887. The van der Waals surface area contributed by atoms with Gasteiger partial charge in [0.15, 0.2) is 0 Å². The van der Waals surface area contributed by atoms with E-state index in [1.807, 2.05) is 25.7 Å². The average molecular weight is 286 g/mol. The fraction of sp³-hybridized carbons (Fsp3) is 0.857. The summed E-state index contributed by atoms with van der Waals surface area (Å²) in [6, 6.07) is 0.200. The second-order valence-corrected chi connectivity index (χ2v) is 6.17. The Bertz CT molecular complexity index is 348. The topological polar surface area (TPSA) is 70.1 Å². The molecule has 0 heterocycles. The second-order valence-electron chi connectivity index (χ2n) is 6.17. The van der Waals surface area contributed by atoms with E-state index in [0.717, 1.165) is 12.8 Å². The first-order chi connectivity index (χ1) is 9.27. The second kappa shape index (κ2) is 6.92. The molecule has 0 spiro atoms. The summed E-state index contributed by atoms with van der Waals surface area (Å²) in [6.07, 6.45) is 2.00. The predicted molar refractivity (Wildman–Crippen MR) is 75.7 cm³/mol. The zero-order valence-electron chi connectivity index (χ0n) is 12.9. The molecule has 1 rings (SSSR count). The van der Waals surface area contributed by atoms with Crippen molar-refractivity contribution < 1.29 is 19.4 Å². The summed E-state index contributed by atoms with van der Waals surface area (Å²) < 4.78 is 5.06. The van der Waals surface area contributed by atoms with Crippen molar-refractivity contribution in [1.29, 1.82) is 0 Å². The molecule has 1 N–H and O–H groups in total. The molecule has 0 aromatic carbocycles. The fourth-order valence-corrected chi connectivity index (χ4v) is 2.09. The van der Waals surface area contributed by atoms with Crippen molar-refractivity contribution >= 4 is 12.0 Å². The molecule has 1 aliphatic rings. The number of carboxylic acids is 1. The highest BCUT2D eigenvalue weighted by Crippen LogP contribution is 2.29. The molecule has 0 unspecified atom stereocenters. The minimum Gasteiger partial charge on any atom is -0.481 e. The van der Waals surface area contributed by atoms with Crippen molar-refractivity contribution in [2.75, 3.05) is 26.8 Å². The Morgan fingerprint density at radius 1 is 1.25 bits per heavy atom. The number of urea groups is 1. The van der Waals surface area contributed by atoms with Crippen molar-refractivity contribution in [3.63, 3.8) is 0 Å². The average Bonchev–Trinajstić information content (AvgIpc) is 3.11. The zero-order chi connectivity index (χ0) is 15.3. The Balaban J connectivity index is 2.75. The molecule has 20 heavy (non-hydrogen) atoms. The van der Waals surface area contributed by atoms with E-state index in [1.165, 1.54) is 0 Å². The van der Waals surface area contributed by atoms with Crippen LogP contribution in [0.25, 0.3) is 0 Å². The van der Waals surface area contributed by atoms with Crippen LogP contribution in [0.1, 0.15) is 40.0 Å². The lowest BCUT2D eigenvalue weighted by Gasteiger charge is -2.39. The molecule has 0 aromatic heterocycles. The molecule has 1 saturated carbocycles. The van der Waals surface area contributed by atoms with E-state index >= 15 is 0 Å². The molecule has 0 bridgehead atoms. The molecule has 0 aliphatic heterocycles. The maximum absolute atomic E-state index is 12.7. The third kappa shape index (κ3) is 5.00. The number of carbonyl (C=O) groups excluding carboxylic acids is 1. The van der Waals surface area contributed by atoms with Crippen LogP contribution in [0.4, 0.5) is 4.79 Å². The van der Waals surface area contributed by atoms with Crippen LogP contribution >= 0.6 is 0 Å². The van der Waals surface area contributed by atoms with Crippen LogP contribution in [-0.2, 0) is 9.53 Å². The maximum atomic E-state index is 12.7. The smallest absolute Gasteiger partial charge is 0.320 e. The first-order valence-electron chi connectivity index (χ1n) is 7.06. The van der Waals surface area contributed by atoms with Gasteiger partial charge >= 0.3 is 12.0 Å². The van der Waals surface area contributed by atoms with Crippen molar-refractivity contribution in [3.05, 3.63) is 0 Å². The molecule has 6 heteroatoms. The van der Waals surface area contributed by atoms with Gasteiger partial charge in [-0.05, 0) is 33.6 Å². The van der Waals surface area contributed by atoms with Gasteiger partial charge in [-0.25, -0.2) is 4.79 Å². The first-order valence-corrected chi connectivity index (χ1v) is 7.06. The number of methoxy groups -OCH3 is 1. The summed E-state index contributed by atoms with van der Waals surface area (Å²) in [5.41, 5.74) is -0.396. The Labute approximate surface area is 120 Å². The van der Waals surface area contributed by atoms with E-state index in [2.05, 4.69) is 0 Å². The molecule has 1 fully saturated rings. The van der Waals surface area contributed by atoms with Gasteiger partial charge in [0.05, 0.1) is 13.0 Å². The number of ether oxygens (including phenoxy) is 1. The summed E-state index contributed by atoms with van der Waals surface area (Å²) in [6.45, 7) is 7.06. The number of rotatable bonds is 7. The van der Waals surface area contributed by atoms with Crippen LogP contribution in [-0.4, -0.2) is 65.3 Å². The van der Waals surface area contributed by atoms with Crippen molar-refractivity contribution in [2.24, 2.45) is 0 Å². The van der Waals surface area contributed by atoms with Crippen molar-refractivity contribution in [2.45, 2.75) is 51.6 Å². The van der Waals surface area contributed by atoms with E-state index in [1.54, 1.807) is 12.0 Å².